The van der Waals surface area contributed by atoms with E-state index in [2.05, 4.69) is 15.3 Å². The first-order valence-corrected chi connectivity index (χ1v) is 7.00. The molecular weight excluding hydrogens is 289 g/mol. The van der Waals surface area contributed by atoms with Crippen LogP contribution in [0.5, 0.6) is 0 Å². The molecule has 2 rings (SSSR count). The zero-order valence-electron chi connectivity index (χ0n) is 10.4. The number of aromatic nitrogens is 2. The molecule has 1 unspecified atom stereocenters. The summed E-state index contributed by atoms with van der Waals surface area (Å²) in [7, 11) is 0. The second-order valence-electron chi connectivity index (χ2n) is 4.41. The standard InChI is InChI=1S/C12H15Cl2N3O2/c13-11-10(12(14)16-7-15-11)17-9(18)5-4-8-3-1-2-6-19-8/h7-8H,1-6H2,(H,17,18). The number of nitrogens with one attached hydrogen (secondary N) is 1. The number of hydrogen-bond donors (Lipinski definition) is 1. The predicted molar refractivity (Wildman–Crippen MR) is 73.5 cm³/mol. The number of carbonyl (C=O) groups is 1. The maximum absolute atomic E-state index is 11.8. The van der Waals surface area contributed by atoms with Gasteiger partial charge < -0.3 is 10.1 Å². The molecule has 19 heavy (non-hydrogen) atoms. The summed E-state index contributed by atoms with van der Waals surface area (Å²) in [6, 6.07) is 0. The topological polar surface area (TPSA) is 64.1 Å². The molecule has 1 saturated heterocycles. The molecule has 1 aromatic heterocycles. The first kappa shape index (κ1) is 14.5. The molecule has 1 amide bonds. The van der Waals surface area contributed by atoms with Crippen LogP contribution in [0.1, 0.15) is 32.1 Å². The Hall–Kier alpha value is -0.910. The van der Waals surface area contributed by atoms with Crippen molar-refractivity contribution in [2.75, 3.05) is 11.9 Å². The maximum Gasteiger partial charge on any atom is 0.224 e. The average Bonchev–Trinajstić information content (AvgIpc) is 2.42. The number of hydrogen-bond acceptors (Lipinski definition) is 4. The summed E-state index contributed by atoms with van der Waals surface area (Å²) < 4.78 is 5.57. The van der Waals surface area contributed by atoms with Crippen LogP contribution in [0.25, 0.3) is 0 Å². The van der Waals surface area contributed by atoms with Crippen LogP contribution in [0.4, 0.5) is 5.69 Å². The number of amides is 1. The number of ether oxygens (including phenoxy) is 1. The van der Waals surface area contributed by atoms with Gasteiger partial charge in [-0.2, -0.15) is 0 Å². The normalized spacial score (nSPS) is 19.2. The predicted octanol–water partition coefficient (Wildman–Crippen LogP) is 3.07. The third-order valence-electron chi connectivity index (χ3n) is 2.99. The monoisotopic (exact) mass is 303 g/mol. The van der Waals surface area contributed by atoms with E-state index >= 15 is 0 Å². The molecule has 0 spiro atoms. The minimum atomic E-state index is -0.159. The molecule has 1 aliphatic rings. The molecule has 2 heterocycles. The summed E-state index contributed by atoms with van der Waals surface area (Å²) in [4.78, 5) is 19.4. The van der Waals surface area contributed by atoms with Crippen LogP contribution in [-0.2, 0) is 9.53 Å². The maximum atomic E-state index is 11.8. The third-order valence-corrected chi connectivity index (χ3v) is 3.56. The van der Waals surface area contributed by atoms with E-state index in [1.807, 2.05) is 0 Å². The first-order valence-electron chi connectivity index (χ1n) is 6.24. The molecule has 0 saturated carbocycles. The van der Waals surface area contributed by atoms with Crippen LogP contribution in [0.15, 0.2) is 6.33 Å². The highest BCUT2D eigenvalue weighted by molar-refractivity contribution is 6.38. The van der Waals surface area contributed by atoms with Gasteiger partial charge in [0.15, 0.2) is 10.3 Å². The fourth-order valence-electron chi connectivity index (χ4n) is 1.98. The van der Waals surface area contributed by atoms with Gasteiger partial charge >= 0.3 is 0 Å². The highest BCUT2D eigenvalue weighted by Gasteiger charge is 2.17. The summed E-state index contributed by atoms with van der Waals surface area (Å²) in [6.07, 6.45) is 5.78. The summed E-state index contributed by atoms with van der Waals surface area (Å²) >= 11 is 11.7. The summed E-state index contributed by atoms with van der Waals surface area (Å²) in [6.45, 7) is 0.788. The van der Waals surface area contributed by atoms with Crippen LogP contribution >= 0.6 is 23.2 Å². The van der Waals surface area contributed by atoms with Gasteiger partial charge in [-0.25, -0.2) is 9.97 Å². The molecule has 0 radical (unpaired) electrons. The second-order valence-corrected chi connectivity index (χ2v) is 5.12. The van der Waals surface area contributed by atoms with Gasteiger partial charge in [0.1, 0.15) is 12.0 Å². The van der Waals surface area contributed by atoms with E-state index in [9.17, 15) is 4.79 Å². The average molecular weight is 304 g/mol. The Kier molecular flexibility index (Phi) is 5.36. The lowest BCUT2D eigenvalue weighted by atomic mass is 10.0. The van der Waals surface area contributed by atoms with Crippen LogP contribution in [0.3, 0.4) is 0 Å². The van der Waals surface area contributed by atoms with Crippen molar-refractivity contribution in [3.05, 3.63) is 16.6 Å². The van der Waals surface area contributed by atoms with Crippen molar-refractivity contribution in [2.45, 2.75) is 38.2 Å². The van der Waals surface area contributed by atoms with E-state index in [4.69, 9.17) is 27.9 Å². The Morgan fingerprint density at radius 1 is 1.37 bits per heavy atom. The van der Waals surface area contributed by atoms with E-state index in [1.54, 1.807) is 0 Å². The van der Waals surface area contributed by atoms with Crippen LogP contribution < -0.4 is 5.32 Å². The van der Waals surface area contributed by atoms with Crippen LogP contribution in [0, 0.1) is 0 Å². The number of nitrogens with zero attached hydrogens (tertiary/aromatic N) is 2. The molecular formula is C12H15Cl2N3O2. The first-order chi connectivity index (χ1) is 9.16. The minimum absolute atomic E-state index is 0.141. The van der Waals surface area contributed by atoms with Gasteiger partial charge in [-0.15, -0.1) is 0 Å². The summed E-state index contributed by atoms with van der Waals surface area (Å²) in [5.74, 6) is -0.159. The van der Waals surface area contributed by atoms with E-state index in [1.165, 1.54) is 6.33 Å². The lowest BCUT2D eigenvalue weighted by molar-refractivity contribution is -0.117. The van der Waals surface area contributed by atoms with E-state index in [0.29, 0.717) is 12.8 Å². The van der Waals surface area contributed by atoms with E-state index in [0.717, 1.165) is 25.9 Å². The van der Waals surface area contributed by atoms with Crippen molar-refractivity contribution >= 4 is 34.8 Å². The number of rotatable bonds is 4. The molecule has 5 nitrogen and oxygen atoms in total. The molecule has 1 N–H and O–H groups in total. The lowest BCUT2D eigenvalue weighted by Gasteiger charge is -2.22. The Bertz CT molecular complexity index is 430. The molecule has 0 aliphatic carbocycles. The highest BCUT2D eigenvalue weighted by Crippen LogP contribution is 2.26. The SMILES string of the molecule is O=C(CCC1CCCCO1)Nc1c(Cl)ncnc1Cl. The van der Waals surface area contributed by atoms with Crippen molar-refractivity contribution in [1.82, 2.24) is 9.97 Å². The number of carbonyl (C=O) groups excluding carboxylic acids is 1. The second kappa shape index (κ2) is 7.03. The molecule has 1 aliphatic heterocycles. The van der Waals surface area contributed by atoms with Crippen molar-refractivity contribution in [1.29, 1.82) is 0 Å². The molecule has 1 atom stereocenters. The molecule has 7 heteroatoms. The van der Waals surface area contributed by atoms with Crippen LogP contribution in [0.2, 0.25) is 10.3 Å². The fraction of sp³-hybridized carbons (Fsp3) is 0.583. The van der Waals surface area contributed by atoms with Crippen molar-refractivity contribution in [3.63, 3.8) is 0 Å². The smallest absolute Gasteiger partial charge is 0.224 e. The van der Waals surface area contributed by atoms with Gasteiger partial charge in [-0.05, 0) is 25.7 Å². The fourth-order valence-corrected chi connectivity index (χ4v) is 2.39. The number of halogens is 2. The molecule has 1 fully saturated rings. The van der Waals surface area contributed by atoms with Crippen molar-refractivity contribution in [3.8, 4) is 0 Å². The quantitative estimate of drug-likeness (QED) is 0.868. The molecule has 104 valence electrons. The van der Waals surface area contributed by atoms with Crippen molar-refractivity contribution in [2.24, 2.45) is 0 Å². The lowest BCUT2D eigenvalue weighted by Crippen LogP contribution is -2.22. The highest BCUT2D eigenvalue weighted by atomic mass is 35.5. The van der Waals surface area contributed by atoms with Gasteiger partial charge in [-0.3, -0.25) is 4.79 Å². The molecule has 1 aromatic rings. The van der Waals surface area contributed by atoms with E-state index < -0.39 is 0 Å². The Balaban J connectivity index is 1.83. The Labute approximate surface area is 121 Å². The van der Waals surface area contributed by atoms with E-state index in [-0.39, 0.29) is 28.0 Å². The van der Waals surface area contributed by atoms with Gasteiger partial charge in [0.2, 0.25) is 5.91 Å². The minimum Gasteiger partial charge on any atom is -0.378 e. The Morgan fingerprint density at radius 2 is 2.11 bits per heavy atom. The Morgan fingerprint density at radius 3 is 2.74 bits per heavy atom. The zero-order chi connectivity index (χ0) is 13.7. The van der Waals surface area contributed by atoms with Gasteiger partial charge in [0.25, 0.3) is 0 Å². The summed E-state index contributed by atoms with van der Waals surface area (Å²) in [5, 5.41) is 2.92. The molecule has 0 aromatic carbocycles. The van der Waals surface area contributed by atoms with Crippen LogP contribution in [-0.4, -0.2) is 28.6 Å². The van der Waals surface area contributed by atoms with Crippen molar-refractivity contribution < 1.29 is 9.53 Å². The van der Waals surface area contributed by atoms with Gasteiger partial charge in [0.05, 0.1) is 6.10 Å². The number of anilines is 1. The molecule has 0 bridgehead atoms. The van der Waals surface area contributed by atoms with Gasteiger partial charge in [-0.1, -0.05) is 23.2 Å². The van der Waals surface area contributed by atoms with Gasteiger partial charge in [0, 0.05) is 13.0 Å². The largest absolute Gasteiger partial charge is 0.378 e. The summed E-state index contributed by atoms with van der Waals surface area (Å²) in [5.41, 5.74) is 0.264. The third kappa shape index (κ3) is 4.30. The zero-order valence-corrected chi connectivity index (χ0v) is 11.9.